The highest BCUT2D eigenvalue weighted by Crippen LogP contribution is 2.13. The summed E-state index contributed by atoms with van der Waals surface area (Å²) >= 11 is 0. The Labute approximate surface area is 204 Å². The maximum Gasteiger partial charge on any atom is 0.224 e. The summed E-state index contributed by atoms with van der Waals surface area (Å²) in [4.78, 5) is 19.0. The van der Waals surface area contributed by atoms with E-state index in [1.54, 1.807) is 0 Å². The number of anilines is 1. The fraction of sp³-hybridized carbons (Fsp3) is 0.652. The van der Waals surface area contributed by atoms with Gasteiger partial charge >= 0.3 is 0 Å². The summed E-state index contributed by atoms with van der Waals surface area (Å²) in [5, 5.41) is 9.78. The third-order valence-electron chi connectivity index (χ3n) is 5.24. The molecule has 1 unspecified atom stereocenters. The maximum atomic E-state index is 11.7. The summed E-state index contributed by atoms with van der Waals surface area (Å²) in [6.07, 6.45) is 1.40. The van der Waals surface area contributed by atoms with E-state index in [1.165, 1.54) is 0 Å². The van der Waals surface area contributed by atoms with Crippen molar-refractivity contribution in [2.45, 2.75) is 53.1 Å². The standard InChI is InChI=1S/C23H39N5O2.HI/c1-5-7-22(29)27-20-10-8-19(9-11-20)16-25-23(24-6-2)26-17-21(18(3)4)28-12-14-30-15-13-28;/h8-11,18,21H,5-7,12-17H2,1-4H3,(H,27,29)(H2,24,25,26);1H. The van der Waals surface area contributed by atoms with Crippen LogP contribution in [0.4, 0.5) is 5.69 Å². The quantitative estimate of drug-likeness (QED) is 0.239. The minimum atomic E-state index is 0. The SMILES string of the molecule is CCCC(=O)Nc1ccc(CN=C(NCC)NCC(C(C)C)N2CCOCC2)cc1.I. The molecule has 1 fully saturated rings. The molecule has 1 amide bonds. The number of ether oxygens (including phenoxy) is 1. The van der Waals surface area contributed by atoms with Gasteiger partial charge in [-0.2, -0.15) is 0 Å². The molecule has 0 saturated carbocycles. The molecule has 8 heteroatoms. The first kappa shape index (κ1) is 27.6. The van der Waals surface area contributed by atoms with E-state index in [2.05, 4.69) is 41.6 Å². The second kappa shape index (κ2) is 15.4. The van der Waals surface area contributed by atoms with E-state index in [9.17, 15) is 4.79 Å². The lowest BCUT2D eigenvalue weighted by molar-refractivity contribution is -0.116. The predicted octanol–water partition coefficient (Wildman–Crippen LogP) is 3.46. The molecule has 3 N–H and O–H groups in total. The molecule has 2 rings (SSSR count). The molecule has 1 aromatic carbocycles. The van der Waals surface area contributed by atoms with E-state index in [4.69, 9.17) is 9.73 Å². The molecule has 1 heterocycles. The van der Waals surface area contributed by atoms with Crippen molar-refractivity contribution < 1.29 is 9.53 Å². The van der Waals surface area contributed by atoms with Crippen LogP contribution in [0.15, 0.2) is 29.3 Å². The molecule has 0 bridgehead atoms. The van der Waals surface area contributed by atoms with E-state index in [0.717, 1.165) is 63.0 Å². The lowest BCUT2D eigenvalue weighted by Crippen LogP contribution is -2.52. The average molecular weight is 546 g/mol. The van der Waals surface area contributed by atoms with Crippen LogP contribution in [0.5, 0.6) is 0 Å². The van der Waals surface area contributed by atoms with Gasteiger partial charge in [-0.3, -0.25) is 9.69 Å². The Hall–Kier alpha value is -1.39. The van der Waals surface area contributed by atoms with Crippen LogP contribution in [-0.2, 0) is 16.1 Å². The smallest absolute Gasteiger partial charge is 0.224 e. The average Bonchev–Trinajstić information content (AvgIpc) is 2.74. The van der Waals surface area contributed by atoms with E-state index in [0.29, 0.717) is 24.9 Å². The van der Waals surface area contributed by atoms with Crippen LogP contribution in [0.1, 0.15) is 46.1 Å². The van der Waals surface area contributed by atoms with Crippen LogP contribution in [0, 0.1) is 5.92 Å². The molecule has 1 aromatic rings. The highest BCUT2D eigenvalue weighted by Gasteiger charge is 2.23. The minimum Gasteiger partial charge on any atom is -0.379 e. The largest absolute Gasteiger partial charge is 0.379 e. The number of rotatable bonds is 10. The molecule has 1 atom stereocenters. The monoisotopic (exact) mass is 545 g/mol. The number of benzene rings is 1. The number of guanidine groups is 1. The second-order valence-corrected chi connectivity index (χ2v) is 8.03. The zero-order chi connectivity index (χ0) is 21.8. The topological polar surface area (TPSA) is 78.0 Å². The second-order valence-electron chi connectivity index (χ2n) is 8.03. The van der Waals surface area contributed by atoms with Gasteiger partial charge < -0.3 is 20.7 Å². The summed E-state index contributed by atoms with van der Waals surface area (Å²) in [7, 11) is 0. The Morgan fingerprint density at radius 1 is 1.13 bits per heavy atom. The van der Waals surface area contributed by atoms with Crippen LogP contribution >= 0.6 is 24.0 Å². The van der Waals surface area contributed by atoms with Crippen molar-refractivity contribution in [2.75, 3.05) is 44.7 Å². The predicted molar refractivity (Wildman–Crippen MR) is 139 cm³/mol. The van der Waals surface area contributed by atoms with Crippen LogP contribution in [0.2, 0.25) is 0 Å². The Bertz CT molecular complexity index is 660. The molecular weight excluding hydrogens is 505 g/mol. The highest BCUT2D eigenvalue weighted by molar-refractivity contribution is 14.0. The first-order valence-corrected chi connectivity index (χ1v) is 11.3. The molecular formula is C23H40IN5O2. The number of amides is 1. The van der Waals surface area contributed by atoms with Gasteiger partial charge in [-0.05, 0) is 37.0 Å². The van der Waals surface area contributed by atoms with Gasteiger partial charge in [0.1, 0.15) is 0 Å². The summed E-state index contributed by atoms with van der Waals surface area (Å²) in [5.74, 6) is 1.44. The number of hydrogen-bond acceptors (Lipinski definition) is 4. The van der Waals surface area contributed by atoms with Crippen molar-refractivity contribution >= 4 is 41.5 Å². The Kier molecular flexibility index (Phi) is 13.7. The summed E-state index contributed by atoms with van der Waals surface area (Å²) in [6.45, 7) is 14.5. The first-order chi connectivity index (χ1) is 14.5. The maximum absolute atomic E-state index is 11.7. The Morgan fingerprint density at radius 3 is 2.39 bits per heavy atom. The first-order valence-electron chi connectivity index (χ1n) is 11.3. The van der Waals surface area contributed by atoms with E-state index in [1.807, 2.05) is 31.2 Å². The molecule has 0 aliphatic carbocycles. The van der Waals surface area contributed by atoms with E-state index in [-0.39, 0.29) is 29.9 Å². The molecule has 31 heavy (non-hydrogen) atoms. The van der Waals surface area contributed by atoms with Crippen LogP contribution < -0.4 is 16.0 Å². The summed E-state index contributed by atoms with van der Waals surface area (Å²) in [6, 6.07) is 8.35. The molecule has 176 valence electrons. The van der Waals surface area contributed by atoms with E-state index < -0.39 is 0 Å². The van der Waals surface area contributed by atoms with Crippen molar-refractivity contribution in [3.63, 3.8) is 0 Å². The third kappa shape index (κ3) is 10.2. The van der Waals surface area contributed by atoms with Gasteiger partial charge in [-0.15, -0.1) is 24.0 Å². The van der Waals surface area contributed by atoms with Gasteiger partial charge in [-0.25, -0.2) is 4.99 Å². The Morgan fingerprint density at radius 2 is 1.81 bits per heavy atom. The van der Waals surface area contributed by atoms with Gasteiger partial charge in [0.05, 0.1) is 19.8 Å². The molecule has 0 spiro atoms. The van der Waals surface area contributed by atoms with Crippen LogP contribution in [0.25, 0.3) is 0 Å². The van der Waals surface area contributed by atoms with Gasteiger partial charge in [0.15, 0.2) is 5.96 Å². The fourth-order valence-electron chi connectivity index (χ4n) is 3.55. The van der Waals surface area contributed by atoms with Crippen molar-refractivity contribution in [2.24, 2.45) is 10.9 Å². The van der Waals surface area contributed by atoms with Crippen molar-refractivity contribution in [3.05, 3.63) is 29.8 Å². The molecule has 7 nitrogen and oxygen atoms in total. The normalized spacial score (nSPS) is 15.8. The zero-order valence-corrected chi connectivity index (χ0v) is 21.8. The summed E-state index contributed by atoms with van der Waals surface area (Å²) in [5.41, 5.74) is 1.94. The van der Waals surface area contributed by atoms with Crippen LogP contribution in [-0.4, -0.2) is 62.2 Å². The number of carbonyl (C=O) groups excluding carboxylic acids is 1. The van der Waals surface area contributed by atoms with Gasteiger partial charge in [0.25, 0.3) is 0 Å². The molecule has 1 aliphatic heterocycles. The zero-order valence-electron chi connectivity index (χ0n) is 19.4. The number of halogens is 1. The van der Waals surface area contributed by atoms with Crippen molar-refractivity contribution in [3.8, 4) is 0 Å². The van der Waals surface area contributed by atoms with Crippen molar-refractivity contribution in [1.29, 1.82) is 0 Å². The number of hydrogen-bond donors (Lipinski definition) is 3. The van der Waals surface area contributed by atoms with Gasteiger partial charge in [0, 0.05) is 44.3 Å². The Balaban J connectivity index is 0.00000480. The number of aliphatic imine (C=N–C) groups is 1. The number of morpholine rings is 1. The molecule has 0 aromatic heterocycles. The lowest BCUT2D eigenvalue weighted by atomic mass is 10.0. The third-order valence-corrected chi connectivity index (χ3v) is 5.24. The number of nitrogens with one attached hydrogen (secondary N) is 3. The molecule has 1 aliphatic rings. The summed E-state index contributed by atoms with van der Waals surface area (Å²) < 4.78 is 5.50. The molecule has 0 radical (unpaired) electrons. The van der Waals surface area contributed by atoms with Crippen LogP contribution in [0.3, 0.4) is 0 Å². The van der Waals surface area contributed by atoms with Gasteiger partial charge in [-0.1, -0.05) is 32.9 Å². The minimum absolute atomic E-state index is 0. The number of nitrogens with zero attached hydrogens (tertiary/aromatic N) is 2. The highest BCUT2D eigenvalue weighted by atomic mass is 127. The lowest BCUT2D eigenvalue weighted by Gasteiger charge is -2.37. The number of carbonyl (C=O) groups is 1. The van der Waals surface area contributed by atoms with Crippen molar-refractivity contribution in [1.82, 2.24) is 15.5 Å². The molecule has 1 saturated heterocycles. The fourth-order valence-corrected chi connectivity index (χ4v) is 3.55. The van der Waals surface area contributed by atoms with Gasteiger partial charge in [0.2, 0.25) is 5.91 Å². The van der Waals surface area contributed by atoms with E-state index >= 15 is 0 Å².